The third-order valence-electron chi connectivity index (χ3n) is 1.48. The van der Waals surface area contributed by atoms with Gasteiger partial charge in [-0.25, -0.2) is 0 Å². The number of rotatable bonds is 2. The fourth-order valence-electron chi connectivity index (χ4n) is 0.855. The average molecular weight is 235 g/mol. The zero-order valence-corrected chi connectivity index (χ0v) is 8.75. The second kappa shape index (κ2) is 4.14. The van der Waals surface area contributed by atoms with E-state index in [1.54, 1.807) is 0 Å². The number of hydrogen-bond donors (Lipinski definition) is 0. The number of carbonyl (C=O) groups excluding carboxylic acids is 1. The molecule has 0 fully saturated rings. The Hall–Kier alpha value is -0.500. The number of allylic oxidation sites excluding steroid dienone is 1. The van der Waals surface area contributed by atoms with Gasteiger partial charge in [0.2, 0.25) is 0 Å². The predicted molar refractivity (Wildman–Crippen MR) is 56.0 cm³/mol. The molecule has 0 amide bonds. The van der Waals surface area contributed by atoms with Crippen LogP contribution in [0.15, 0.2) is 24.8 Å². The van der Waals surface area contributed by atoms with E-state index in [1.165, 1.54) is 12.1 Å². The Morgan fingerprint density at radius 2 is 1.77 bits per heavy atom. The van der Waals surface area contributed by atoms with Gasteiger partial charge in [0.05, 0.1) is 20.6 Å². The van der Waals surface area contributed by atoms with Gasteiger partial charge >= 0.3 is 0 Å². The van der Waals surface area contributed by atoms with E-state index in [4.69, 9.17) is 34.8 Å². The summed E-state index contributed by atoms with van der Waals surface area (Å²) < 4.78 is 0. The van der Waals surface area contributed by atoms with Crippen LogP contribution >= 0.6 is 34.8 Å². The van der Waals surface area contributed by atoms with Crippen molar-refractivity contribution in [3.05, 3.63) is 45.4 Å². The molecule has 1 nitrogen and oxygen atoms in total. The van der Waals surface area contributed by atoms with Gasteiger partial charge < -0.3 is 0 Å². The predicted octanol–water partition coefficient (Wildman–Crippen LogP) is 4.02. The first-order valence-electron chi connectivity index (χ1n) is 3.38. The largest absolute Gasteiger partial charge is 0.289 e. The summed E-state index contributed by atoms with van der Waals surface area (Å²) in [6, 6.07) is 3.05. The molecule has 0 radical (unpaired) electrons. The van der Waals surface area contributed by atoms with Crippen molar-refractivity contribution in [3.63, 3.8) is 0 Å². The lowest BCUT2D eigenvalue weighted by Gasteiger charge is -2.03. The first-order valence-corrected chi connectivity index (χ1v) is 4.51. The highest BCUT2D eigenvalue weighted by atomic mass is 35.5. The highest BCUT2D eigenvalue weighted by Gasteiger charge is 2.14. The lowest BCUT2D eigenvalue weighted by atomic mass is 10.1. The third kappa shape index (κ3) is 2.05. The van der Waals surface area contributed by atoms with E-state index in [-0.39, 0.29) is 21.4 Å². The van der Waals surface area contributed by atoms with Gasteiger partial charge in [0.1, 0.15) is 0 Å². The van der Waals surface area contributed by atoms with Crippen LogP contribution in [-0.4, -0.2) is 5.78 Å². The summed E-state index contributed by atoms with van der Waals surface area (Å²) in [5.41, 5.74) is 0.200. The summed E-state index contributed by atoms with van der Waals surface area (Å²) in [5, 5.41) is 0.745. The summed E-state index contributed by atoms with van der Waals surface area (Å²) >= 11 is 17.3. The van der Waals surface area contributed by atoms with Crippen molar-refractivity contribution in [2.75, 3.05) is 0 Å². The Balaban J connectivity index is 3.41. The lowest BCUT2D eigenvalue weighted by molar-refractivity contribution is 0.104. The van der Waals surface area contributed by atoms with E-state index in [9.17, 15) is 4.79 Å². The molecule has 1 aromatic carbocycles. The number of benzene rings is 1. The molecule has 1 rings (SSSR count). The Bertz CT molecular complexity index is 371. The fraction of sp³-hybridized carbons (Fsp3) is 0. The second-order valence-electron chi connectivity index (χ2n) is 2.29. The van der Waals surface area contributed by atoms with E-state index in [1.807, 2.05) is 0 Å². The van der Waals surface area contributed by atoms with Gasteiger partial charge in [-0.3, -0.25) is 4.79 Å². The van der Waals surface area contributed by atoms with Gasteiger partial charge in [0.15, 0.2) is 5.78 Å². The maximum atomic E-state index is 11.3. The van der Waals surface area contributed by atoms with Gasteiger partial charge in [-0.1, -0.05) is 41.4 Å². The molecule has 0 aliphatic rings. The van der Waals surface area contributed by atoms with Crippen LogP contribution in [0.5, 0.6) is 0 Å². The summed E-state index contributed by atoms with van der Waals surface area (Å²) in [7, 11) is 0. The quantitative estimate of drug-likeness (QED) is 0.430. The maximum Gasteiger partial charge on any atom is 0.188 e. The van der Waals surface area contributed by atoms with Gasteiger partial charge in [0.25, 0.3) is 0 Å². The van der Waals surface area contributed by atoms with E-state index < -0.39 is 0 Å². The van der Waals surface area contributed by atoms with Crippen molar-refractivity contribution in [2.24, 2.45) is 0 Å². The Labute approximate surface area is 90.9 Å². The SMILES string of the molecule is C=CC(=O)c1c(Cl)ccc(Cl)c1Cl. The molecule has 0 unspecified atom stereocenters. The molecule has 0 bridgehead atoms. The second-order valence-corrected chi connectivity index (χ2v) is 3.48. The number of hydrogen-bond acceptors (Lipinski definition) is 1. The van der Waals surface area contributed by atoms with E-state index in [0.29, 0.717) is 5.02 Å². The normalized spacial score (nSPS) is 9.77. The first-order chi connectivity index (χ1) is 6.07. The minimum Gasteiger partial charge on any atom is -0.289 e. The molecule has 13 heavy (non-hydrogen) atoms. The molecule has 0 saturated carbocycles. The van der Waals surface area contributed by atoms with Crippen molar-refractivity contribution >= 4 is 40.6 Å². The van der Waals surface area contributed by atoms with E-state index in [2.05, 4.69) is 6.58 Å². The molecule has 4 heteroatoms. The highest BCUT2D eigenvalue weighted by Crippen LogP contribution is 2.31. The zero-order valence-electron chi connectivity index (χ0n) is 6.48. The van der Waals surface area contributed by atoms with Gasteiger partial charge in [-0.2, -0.15) is 0 Å². The Morgan fingerprint density at radius 3 is 2.31 bits per heavy atom. The van der Waals surface area contributed by atoms with Crippen LogP contribution in [0.1, 0.15) is 10.4 Å². The molecule has 0 N–H and O–H groups in total. The van der Waals surface area contributed by atoms with Crippen molar-refractivity contribution in [3.8, 4) is 0 Å². The number of halogens is 3. The molecular formula is C9H5Cl3O. The van der Waals surface area contributed by atoms with Crippen molar-refractivity contribution < 1.29 is 4.79 Å². The summed E-state index contributed by atoms with van der Waals surface area (Å²) in [6.45, 7) is 3.34. The van der Waals surface area contributed by atoms with Crippen LogP contribution in [-0.2, 0) is 0 Å². The smallest absolute Gasteiger partial charge is 0.188 e. The maximum absolute atomic E-state index is 11.3. The minimum atomic E-state index is -0.336. The molecule has 0 saturated heterocycles. The summed E-state index contributed by atoms with van der Waals surface area (Å²) in [6.07, 6.45) is 1.14. The lowest BCUT2D eigenvalue weighted by Crippen LogP contribution is -1.96. The van der Waals surface area contributed by atoms with Crippen molar-refractivity contribution in [2.45, 2.75) is 0 Å². The summed E-state index contributed by atoms with van der Waals surface area (Å²) in [4.78, 5) is 11.3. The van der Waals surface area contributed by atoms with Gasteiger partial charge in [0, 0.05) is 0 Å². The molecular weight excluding hydrogens is 230 g/mol. The molecule has 0 aliphatic heterocycles. The van der Waals surface area contributed by atoms with Crippen LogP contribution < -0.4 is 0 Å². The highest BCUT2D eigenvalue weighted by molar-refractivity contribution is 6.46. The number of carbonyl (C=O) groups is 1. The van der Waals surface area contributed by atoms with Gasteiger partial charge in [-0.15, -0.1) is 0 Å². The Morgan fingerprint density at radius 1 is 1.23 bits per heavy atom. The molecule has 0 atom stereocenters. The molecule has 0 aliphatic carbocycles. The Kier molecular flexibility index (Phi) is 3.37. The molecule has 1 aromatic rings. The van der Waals surface area contributed by atoms with Gasteiger partial charge in [-0.05, 0) is 18.2 Å². The minimum absolute atomic E-state index is 0.166. The average Bonchev–Trinajstić information content (AvgIpc) is 2.12. The third-order valence-corrected chi connectivity index (χ3v) is 2.60. The van der Waals surface area contributed by atoms with E-state index >= 15 is 0 Å². The van der Waals surface area contributed by atoms with Crippen molar-refractivity contribution in [1.29, 1.82) is 0 Å². The van der Waals surface area contributed by atoms with E-state index in [0.717, 1.165) is 6.08 Å². The fourth-order valence-corrected chi connectivity index (χ4v) is 1.57. The summed E-state index contributed by atoms with van der Waals surface area (Å²) in [5.74, 6) is -0.336. The first kappa shape index (κ1) is 10.6. The molecule has 68 valence electrons. The van der Waals surface area contributed by atoms with Crippen LogP contribution in [0.2, 0.25) is 15.1 Å². The monoisotopic (exact) mass is 234 g/mol. The van der Waals surface area contributed by atoms with Crippen molar-refractivity contribution in [1.82, 2.24) is 0 Å². The van der Waals surface area contributed by atoms with Crippen LogP contribution in [0, 0.1) is 0 Å². The standard InChI is InChI=1S/C9H5Cl3O/c1-2-7(13)8-5(10)3-4-6(11)9(8)12/h2-4H,1H2. The molecule has 0 aromatic heterocycles. The number of ketones is 1. The molecule has 0 heterocycles. The molecule has 0 spiro atoms. The topological polar surface area (TPSA) is 17.1 Å². The van der Waals surface area contributed by atoms with Crippen LogP contribution in [0.4, 0.5) is 0 Å². The van der Waals surface area contributed by atoms with Crippen LogP contribution in [0.3, 0.4) is 0 Å². The zero-order chi connectivity index (χ0) is 10.0. The van der Waals surface area contributed by atoms with Crippen LogP contribution in [0.25, 0.3) is 0 Å².